The summed E-state index contributed by atoms with van der Waals surface area (Å²) in [6, 6.07) is 8.67. The topological polar surface area (TPSA) is 35.5 Å². The molecule has 0 unspecified atom stereocenters. The molecule has 0 spiro atoms. The molecule has 0 radical (unpaired) electrons. The summed E-state index contributed by atoms with van der Waals surface area (Å²) in [6.07, 6.45) is 9.44. The molecule has 1 heterocycles. The monoisotopic (exact) mass is 344 g/mol. The molecule has 3 rings (SSSR count). The zero-order valence-corrected chi connectivity index (χ0v) is 16.1. The van der Waals surface area contributed by atoms with Gasteiger partial charge in [0.05, 0.1) is 0 Å². The normalized spacial score (nSPS) is 29.0. The molecule has 3 nitrogen and oxygen atoms in total. The molecule has 1 aromatic rings. The van der Waals surface area contributed by atoms with Crippen molar-refractivity contribution in [2.24, 2.45) is 5.92 Å². The van der Waals surface area contributed by atoms with E-state index in [1.807, 2.05) is 12.1 Å². The third-order valence-electron chi connectivity index (χ3n) is 6.76. The van der Waals surface area contributed by atoms with Crippen molar-refractivity contribution in [2.75, 3.05) is 26.2 Å². The molecule has 1 saturated heterocycles. The van der Waals surface area contributed by atoms with E-state index in [0.717, 1.165) is 12.6 Å². The average molecular weight is 345 g/mol. The van der Waals surface area contributed by atoms with Crippen LogP contribution < -0.4 is 5.32 Å². The van der Waals surface area contributed by atoms with Crippen LogP contribution in [0, 0.1) is 5.92 Å². The van der Waals surface area contributed by atoms with E-state index in [2.05, 4.69) is 30.1 Å². The summed E-state index contributed by atoms with van der Waals surface area (Å²) < 4.78 is 0. The Kier molecular flexibility index (Phi) is 6.40. The van der Waals surface area contributed by atoms with Crippen molar-refractivity contribution >= 4 is 0 Å². The van der Waals surface area contributed by atoms with Gasteiger partial charge in [0.25, 0.3) is 0 Å². The largest absolute Gasteiger partial charge is 0.508 e. The zero-order chi connectivity index (χ0) is 17.7. The first kappa shape index (κ1) is 18.7. The minimum Gasteiger partial charge on any atom is -0.508 e. The lowest BCUT2D eigenvalue weighted by Gasteiger charge is -2.45. The van der Waals surface area contributed by atoms with Crippen LogP contribution in [0.25, 0.3) is 0 Å². The van der Waals surface area contributed by atoms with E-state index in [0.29, 0.717) is 11.7 Å². The Morgan fingerprint density at radius 3 is 2.76 bits per heavy atom. The number of nitrogens with one attached hydrogen (secondary N) is 1. The average Bonchev–Trinajstić information content (AvgIpc) is 2.63. The van der Waals surface area contributed by atoms with Crippen molar-refractivity contribution in [3.63, 3.8) is 0 Å². The van der Waals surface area contributed by atoms with E-state index < -0.39 is 0 Å². The fourth-order valence-corrected chi connectivity index (χ4v) is 4.73. The van der Waals surface area contributed by atoms with Crippen molar-refractivity contribution < 1.29 is 5.11 Å². The lowest BCUT2D eigenvalue weighted by atomic mass is 9.68. The maximum atomic E-state index is 9.83. The molecule has 2 N–H and O–H groups in total. The van der Waals surface area contributed by atoms with Crippen LogP contribution in [0.5, 0.6) is 5.75 Å². The van der Waals surface area contributed by atoms with Gasteiger partial charge in [-0.05, 0) is 74.3 Å². The molecule has 25 heavy (non-hydrogen) atoms. The van der Waals surface area contributed by atoms with Gasteiger partial charge in [-0.25, -0.2) is 0 Å². The van der Waals surface area contributed by atoms with E-state index in [1.165, 1.54) is 70.1 Å². The summed E-state index contributed by atoms with van der Waals surface area (Å²) in [6.45, 7) is 9.44. The van der Waals surface area contributed by atoms with Crippen molar-refractivity contribution in [3.05, 3.63) is 29.8 Å². The van der Waals surface area contributed by atoms with Crippen LogP contribution in [-0.2, 0) is 5.41 Å². The number of hydrogen-bond donors (Lipinski definition) is 2. The van der Waals surface area contributed by atoms with Gasteiger partial charge in [-0.2, -0.15) is 0 Å². The highest BCUT2D eigenvalue weighted by Gasteiger charge is 2.37. The summed E-state index contributed by atoms with van der Waals surface area (Å²) >= 11 is 0. The molecule has 2 atom stereocenters. The Morgan fingerprint density at radius 2 is 2.04 bits per heavy atom. The zero-order valence-electron chi connectivity index (χ0n) is 16.1. The van der Waals surface area contributed by atoms with Crippen LogP contribution >= 0.6 is 0 Å². The van der Waals surface area contributed by atoms with Gasteiger partial charge >= 0.3 is 0 Å². The number of phenolic OH excluding ortho intramolecular Hbond substituents is 1. The SMILES string of the molecule is C[C@H]1CN(CCCNC2CCCCC2)CC[C@]1(C)c1cccc(O)c1. The molecule has 0 amide bonds. The molecule has 0 aromatic heterocycles. The van der Waals surface area contributed by atoms with Gasteiger partial charge in [0, 0.05) is 12.6 Å². The molecule has 3 heteroatoms. The molecule has 1 aliphatic heterocycles. The van der Waals surface area contributed by atoms with Crippen molar-refractivity contribution in [1.82, 2.24) is 10.2 Å². The maximum absolute atomic E-state index is 9.83. The minimum atomic E-state index is 0.176. The first-order valence-electron chi connectivity index (χ1n) is 10.3. The fourth-order valence-electron chi connectivity index (χ4n) is 4.73. The third-order valence-corrected chi connectivity index (χ3v) is 6.76. The van der Waals surface area contributed by atoms with Crippen LogP contribution in [0.4, 0.5) is 0 Å². The number of piperidine rings is 1. The smallest absolute Gasteiger partial charge is 0.115 e. The summed E-state index contributed by atoms with van der Waals surface area (Å²) in [4.78, 5) is 2.64. The molecule has 2 aliphatic rings. The number of nitrogens with zero attached hydrogens (tertiary/aromatic N) is 1. The molecule has 1 aliphatic carbocycles. The lowest BCUT2D eigenvalue weighted by Crippen LogP contribution is -2.47. The number of aromatic hydroxyl groups is 1. The van der Waals surface area contributed by atoms with E-state index in [9.17, 15) is 5.11 Å². The second-order valence-electron chi connectivity index (χ2n) is 8.56. The summed E-state index contributed by atoms with van der Waals surface area (Å²) in [5.41, 5.74) is 1.47. The quantitative estimate of drug-likeness (QED) is 0.755. The predicted molar refractivity (Wildman–Crippen MR) is 105 cm³/mol. The first-order valence-corrected chi connectivity index (χ1v) is 10.3. The lowest BCUT2D eigenvalue weighted by molar-refractivity contribution is 0.110. The van der Waals surface area contributed by atoms with Crippen molar-refractivity contribution in [1.29, 1.82) is 0 Å². The Bertz CT molecular complexity index is 541. The predicted octanol–water partition coefficient (Wildman–Crippen LogP) is 4.30. The molecule has 140 valence electrons. The van der Waals surface area contributed by atoms with Gasteiger partial charge in [0.15, 0.2) is 0 Å². The second-order valence-corrected chi connectivity index (χ2v) is 8.56. The second kappa shape index (κ2) is 8.55. The Labute approximate surface area is 153 Å². The number of phenols is 1. The highest BCUT2D eigenvalue weighted by molar-refractivity contribution is 5.33. The summed E-state index contributed by atoms with van der Waals surface area (Å²) in [7, 11) is 0. The molecule has 0 bridgehead atoms. The molecular formula is C22H36N2O. The van der Waals surface area contributed by atoms with Gasteiger partial charge in [-0.15, -0.1) is 0 Å². The van der Waals surface area contributed by atoms with Crippen LogP contribution in [0.15, 0.2) is 24.3 Å². The highest BCUT2D eigenvalue weighted by Crippen LogP contribution is 2.40. The van der Waals surface area contributed by atoms with Crippen LogP contribution in [0.3, 0.4) is 0 Å². The van der Waals surface area contributed by atoms with Crippen molar-refractivity contribution in [3.8, 4) is 5.75 Å². The van der Waals surface area contributed by atoms with Crippen molar-refractivity contribution in [2.45, 2.75) is 70.3 Å². The Morgan fingerprint density at radius 1 is 1.24 bits per heavy atom. The minimum absolute atomic E-state index is 0.176. The maximum Gasteiger partial charge on any atom is 0.115 e. The number of benzene rings is 1. The van der Waals surface area contributed by atoms with Crippen LogP contribution in [-0.4, -0.2) is 42.2 Å². The van der Waals surface area contributed by atoms with E-state index in [-0.39, 0.29) is 5.41 Å². The highest BCUT2D eigenvalue weighted by atomic mass is 16.3. The molecule has 2 fully saturated rings. The van der Waals surface area contributed by atoms with E-state index in [1.54, 1.807) is 6.07 Å². The summed E-state index contributed by atoms with van der Waals surface area (Å²) in [5, 5.41) is 13.6. The number of likely N-dealkylation sites (tertiary alicyclic amines) is 1. The van der Waals surface area contributed by atoms with Gasteiger partial charge in [0.2, 0.25) is 0 Å². The number of rotatable bonds is 6. The van der Waals surface area contributed by atoms with Gasteiger partial charge in [0.1, 0.15) is 5.75 Å². The van der Waals surface area contributed by atoms with E-state index in [4.69, 9.17) is 0 Å². The molecule has 1 aromatic carbocycles. The molecular weight excluding hydrogens is 308 g/mol. The Balaban J connectivity index is 1.43. The Hall–Kier alpha value is -1.06. The molecule has 1 saturated carbocycles. The van der Waals surface area contributed by atoms with E-state index >= 15 is 0 Å². The van der Waals surface area contributed by atoms with Gasteiger partial charge < -0.3 is 15.3 Å². The summed E-state index contributed by atoms with van der Waals surface area (Å²) in [5.74, 6) is 0.997. The van der Waals surface area contributed by atoms with Crippen LogP contribution in [0.1, 0.15) is 64.4 Å². The standard InChI is InChI=1S/C22H36N2O/c1-18-17-24(14-7-13-23-20-9-4-3-5-10-20)15-12-22(18,2)19-8-6-11-21(25)16-19/h6,8,11,16,18,20,23,25H,3-5,7,9-10,12-15,17H2,1-2H3/t18-,22-/m0/s1. The van der Waals surface area contributed by atoms with Crippen LogP contribution in [0.2, 0.25) is 0 Å². The third kappa shape index (κ3) is 4.77. The fraction of sp³-hybridized carbons (Fsp3) is 0.727. The number of hydrogen-bond acceptors (Lipinski definition) is 3. The van der Waals surface area contributed by atoms with Gasteiger partial charge in [-0.3, -0.25) is 0 Å². The van der Waals surface area contributed by atoms with Gasteiger partial charge in [-0.1, -0.05) is 45.2 Å². The first-order chi connectivity index (χ1) is 12.1.